The zero-order valence-corrected chi connectivity index (χ0v) is 15.9. The first-order valence-corrected chi connectivity index (χ1v) is 9.26. The number of fused-ring (bicyclic) bond motifs is 1. The van der Waals surface area contributed by atoms with Crippen LogP contribution in [0.1, 0.15) is 45.3 Å². The van der Waals surface area contributed by atoms with Crippen molar-refractivity contribution in [1.82, 2.24) is 14.8 Å². The third kappa shape index (κ3) is 3.36. The molecule has 0 saturated carbocycles. The first-order chi connectivity index (χ1) is 14.3. The summed E-state index contributed by atoms with van der Waals surface area (Å²) in [6.07, 6.45) is -3.02. The number of hydrogen-bond donors (Lipinski definition) is 0. The van der Waals surface area contributed by atoms with Gasteiger partial charge in [-0.05, 0) is 31.0 Å². The van der Waals surface area contributed by atoms with Crippen molar-refractivity contribution in [2.24, 2.45) is 0 Å². The number of hydrogen-bond acceptors (Lipinski definition) is 5. The molecule has 4 rings (SSSR count). The SMILES string of the molecule is CCOC(=O)c1cnn(-c2cccc(-c3cccc4c3C(=O)CC4)n2)c1C(F)(F)F. The lowest BCUT2D eigenvalue weighted by Gasteiger charge is -2.13. The normalized spacial score (nSPS) is 13.4. The molecule has 30 heavy (non-hydrogen) atoms. The molecule has 0 N–H and O–H groups in total. The van der Waals surface area contributed by atoms with E-state index in [9.17, 15) is 22.8 Å². The lowest BCUT2D eigenvalue weighted by Crippen LogP contribution is -2.19. The van der Waals surface area contributed by atoms with Gasteiger partial charge in [-0.1, -0.05) is 24.3 Å². The molecule has 0 aliphatic heterocycles. The van der Waals surface area contributed by atoms with Crippen LogP contribution in [0, 0.1) is 0 Å². The summed E-state index contributed by atoms with van der Waals surface area (Å²) in [5.74, 6) is -1.26. The number of halogens is 3. The lowest BCUT2D eigenvalue weighted by molar-refractivity contribution is -0.143. The van der Waals surface area contributed by atoms with Gasteiger partial charge in [0.2, 0.25) is 0 Å². The second-order valence-corrected chi connectivity index (χ2v) is 6.68. The van der Waals surface area contributed by atoms with Crippen molar-refractivity contribution in [3.63, 3.8) is 0 Å². The fourth-order valence-corrected chi connectivity index (χ4v) is 3.57. The van der Waals surface area contributed by atoms with E-state index in [0.29, 0.717) is 34.3 Å². The minimum atomic E-state index is -4.86. The number of Topliss-reactive ketones (excluding diaryl/α,β-unsaturated/α-hetero) is 1. The molecule has 6 nitrogen and oxygen atoms in total. The van der Waals surface area contributed by atoms with E-state index in [1.807, 2.05) is 6.07 Å². The number of pyridine rings is 1. The van der Waals surface area contributed by atoms with E-state index >= 15 is 0 Å². The van der Waals surface area contributed by atoms with Crippen molar-refractivity contribution >= 4 is 11.8 Å². The van der Waals surface area contributed by atoms with Gasteiger partial charge in [0, 0.05) is 17.5 Å². The van der Waals surface area contributed by atoms with Gasteiger partial charge in [-0.3, -0.25) is 4.79 Å². The summed E-state index contributed by atoms with van der Waals surface area (Å²) in [6, 6.07) is 9.86. The molecule has 3 aromatic rings. The van der Waals surface area contributed by atoms with Crippen molar-refractivity contribution in [1.29, 1.82) is 0 Å². The van der Waals surface area contributed by atoms with E-state index in [2.05, 4.69) is 10.1 Å². The second kappa shape index (κ2) is 7.40. The largest absolute Gasteiger partial charge is 0.462 e. The highest BCUT2D eigenvalue weighted by Crippen LogP contribution is 2.35. The Morgan fingerprint density at radius 3 is 2.67 bits per heavy atom. The van der Waals surface area contributed by atoms with E-state index in [1.54, 1.807) is 18.2 Å². The first-order valence-electron chi connectivity index (χ1n) is 9.26. The average Bonchev–Trinajstić information content (AvgIpc) is 3.33. The Morgan fingerprint density at radius 2 is 1.93 bits per heavy atom. The molecule has 0 atom stereocenters. The number of nitrogens with zero attached hydrogens (tertiary/aromatic N) is 3. The smallest absolute Gasteiger partial charge is 0.434 e. The van der Waals surface area contributed by atoms with Gasteiger partial charge in [-0.15, -0.1) is 0 Å². The zero-order valence-electron chi connectivity index (χ0n) is 15.9. The highest BCUT2D eigenvalue weighted by molar-refractivity contribution is 6.05. The number of aryl methyl sites for hydroxylation is 1. The van der Waals surface area contributed by atoms with E-state index < -0.39 is 23.4 Å². The Bertz CT molecular complexity index is 1150. The Balaban J connectivity index is 1.84. The van der Waals surface area contributed by atoms with Gasteiger partial charge < -0.3 is 4.74 Å². The summed E-state index contributed by atoms with van der Waals surface area (Å²) >= 11 is 0. The third-order valence-electron chi connectivity index (χ3n) is 4.81. The quantitative estimate of drug-likeness (QED) is 0.596. The molecule has 0 fully saturated rings. The van der Waals surface area contributed by atoms with E-state index in [1.165, 1.54) is 19.1 Å². The minimum Gasteiger partial charge on any atom is -0.462 e. The van der Waals surface area contributed by atoms with Crippen LogP contribution in [0.4, 0.5) is 13.2 Å². The number of aromatic nitrogens is 3. The summed E-state index contributed by atoms with van der Waals surface area (Å²) in [5, 5.41) is 3.74. The minimum absolute atomic E-state index is 0.0209. The molecule has 0 amide bonds. The van der Waals surface area contributed by atoms with Gasteiger partial charge in [0.25, 0.3) is 0 Å². The Labute approximate surface area is 169 Å². The predicted molar refractivity (Wildman–Crippen MR) is 100 cm³/mol. The van der Waals surface area contributed by atoms with Crippen LogP contribution in [0.2, 0.25) is 0 Å². The Kier molecular flexibility index (Phi) is 4.89. The molecule has 0 spiro atoms. The van der Waals surface area contributed by atoms with Gasteiger partial charge in [0.15, 0.2) is 17.3 Å². The Hall–Kier alpha value is -3.49. The van der Waals surface area contributed by atoms with Crippen LogP contribution in [0.15, 0.2) is 42.6 Å². The summed E-state index contributed by atoms with van der Waals surface area (Å²) in [5.41, 5.74) is 0.395. The number of alkyl halides is 3. The van der Waals surface area contributed by atoms with Crippen molar-refractivity contribution in [3.8, 4) is 17.1 Å². The molecule has 1 aromatic carbocycles. The van der Waals surface area contributed by atoms with Crippen LogP contribution in [-0.4, -0.2) is 33.1 Å². The summed E-state index contributed by atoms with van der Waals surface area (Å²) in [4.78, 5) is 28.6. The summed E-state index contributed by atoms with van der Waals surface area (Å²) in [7, 11) is 0. The number of ketones is 1. The monoisotopic (exact) mass is 415 g/mol. The zero-order chi connectivity index (χ0) is 21.5. The van der Waals surface area contributed by atoms with Gasteiger partial charge in [0.05, 0.1) is 18.5 Å². The van der Waals surface area contributed by atoms with Crippen LogP contribution in [-0.2, 0) is 17.3 Å². The van der Waals surface area contributed by atoms with Gasteiger partial charge >= 0.3 is 12.1 Å². The maximum atomic E-state index is 13.7. The number of esters is 1. The molecule has 9 heteroatoms. The van der Waals surface area contributed by atoms with Crippen LogP contribution >= 0.6 is 0 Å². The fraction of sp³-hybridized carbons (Fsp3) is 0.238. The first kappa shape index (κ1) is 19.8. The molecule has 2 heterocycles. The molecule has 0 unspecified atom stereocenters. The number of ether oxygens (including phenoxy) is 1. The number of benzene rings is 1. The number of carbonyl (C=O) groups is 2. The molecule has 1 aliphatic carbocycles. The maximum Gasteiger partial charge on any atom is 0.434 e. The molecular formula is C21H16F3N3O3. The molecule has 0 radical (unpaired) electrons. The molecule has 154 valence electrons. The van der Waals surface area contributed by atoms with Crippen molar-refractivity contribution in [2.45, 2.75) is 25.9 Å². The highest BCUT2D eigenvalue weighted by Gasteiger charge is 2.41. The average molecular weight is 415 g/mol. The summed E-state index contributed by atoms with van der Waals surface area (Å²) < 4.78 is 46.5. The van der Waals surface area contributed by atoms with Gasteiger partial charge in [-0.2, -0.15) is 18.3 Å². The van der Waals surface area contributed by atoms with E-state index in [4.69, 9.17) is 4.74 Å². The summed E-state index contributed by atoms with van der Waals surface area (Å²) in [6.45, 7) is 1.43. The second-order valence-electron chi connectivity index (χ2n) is 6.68. The molecule has 0 bridgehead atoms. The standard InChI is InChI=1S/C21H16F3N3O3/c1-2-30-20(29)14-11-25-27(19(14)21(22,23)24)17-8-4-7-15(26-17)13-6-3-5-12-9-10-16(28)18(12)13/h3-8,11H,2,9-10H2,1H3. The topological polar surface area (TPSA) is 74.1 Å². The van der Waals surface area contributed by atoms with E-state index in [-0.39, 0.29) is 18.2 Å². The maximum absolute atomic E-state index is 13.7. The molecule has 1 aliphatic rings. The van der Waals surface area contributed by atoms with Gasteiger partial charge in [-0.25, -0.2) is 14.5 Å². The van der Waals surface area contributed by atoms with Crippen molar-refractivity contribution < 1.29 is 27.5 Å². The number of carbonyl (C=O) groups excluding carboxylic acids is 2. The lowest BCUT2D eigenvalue weighted by atomic mass is 10.00. The van der Waals surface area contributed by atoms with Crippen LogP contribution in [0.25, 0.3) is 17.1 Å². The van der Waals surface area contributed by atoms with Crippen molar-refractivity contribution in [3.05, 3.63) is 65.0 Å². The molecule has 2 aromatic heterocycles. The third-order valence-corrected chi connectivity index (χ3v) is 4.81. The van der Waals surface area contributed by atoms with Crippen molar-refractivity contribution in [2.75, 3.05) is 6.61 Å². The molecular weight excluding hydrogens is 399 g/mol. The van der Waals surface area contributed by atoms with E-state index in [0.717, 1.165) is 11.8 Å². The predicted octanol–water partition coefficient (Wildman–Crippen LogP) is 4.26. The number of rotatable bonds is 4. The van der Waals surface area contributed by atoms with Crippen LogP contribution in [0.5, 0.6) is 0 Å². The molecule has 0 saturated heterocycles. The Morgan fingerprint density at radius 1 is 1.17 bits per heavy atom. The van der Waals surface area contributed by atoms with Crippen LogP contribution in [0.3, 0.4) is 0 Å². The van der Waals surface area contributed by atoms with Crippen LogP contribution < -0.4 is 0 Å². The van der Waals surface area contributed by atoms with Gasteiger partial charge in [0.1, 0.15) is 5.56 Å². The highest BCUT2D eigenvalue weighted by atomic mass is 19.4. The fourth-order valence-electron chi connectivity index (χ4n) is 3.57.